The molecule has 1 N–H and O–H groups in total. The van der Waals surface area contributed by atoms with Crippen molar-refractivity contribution in [3.8, 4) is 17.6 Å². The number of nitriles is 1. The quantitative estimate of drug-likeness (QED) is 0.943. The van der Waals surface area contributed by atoms with E-state index in [-0.39, 0.29) is 23.7 Å². The van der Waals surface area contributed by atoms with Gasteiger partial charge < -0.3 is 9.84 Å². The van der Waals surface area contributed by atoms with Gasteiger partial charge in [0.1, 0.15) is 17.6 Å². The Bertz CT molecular complexity index is 693. The van der Waals surface area contributed by atoms with Crippen LogP contribution in [0, 0.1) is 11.3 Å². The molecule has 0 radical (unpaired) electrons. The van der Waals surface area contributed by atoms with E-state index in [2.05, 4.69) is 4.98 Å². The Morgan fingerprint density at radius 1 is 1.24 bits per heavy atom. The summed E-state index contributed by atoms with van der Waals surface area (Å²) in [6.07, 6.45) is -2.71. The zero-order valence-corrected chi connectivity index (χ0v) is 10.6. The summed E-state index contributed by atoms with van der Waals surface area (Å²) in [7, 11) is 0. The second-order valence-electron chi connectivity index (χ2n) is 4.11. The van der Waals surface area contributed by atoms with E-state index < -0.39 is 11.7 Å². The molecule has 0 amide bonds. The van der Waals surface area contributed by atoms with Crippen molar-refractivity contribution in [2.45, 2.75) is 12.8 Å². The van der Waals surface area contributed by atoms with Crippen LogP contribution in [0.1, 0.15) is 16.7 Å². The Morgan fingerprint density at radius 2 is 2.00 bits per heavy atom. The van der Waals surface area contributed by atoms with Crippen molar-refractivity contribution in [3.05, 3.63) is 53.3 Å². The average molecular weight is 294 g/mol. The molecular weight excluding hydrogens is 285 g/mol. The van der Waals surface area contributed by atoms with Crippen molar-refractivity contribution in [2.75, 3.05) is 0 Å². The molecule has 1 heterocycles. The van der Waals surface area contributed by atoms with Gasteiger partial charge in [0.2, 0.25) is 0 Å². The van der Waals surface area contributed by atoms with E-state index in [1.165, 1.54) is 18.2 Å². The van der Waals surface area contributed by atoms with Gasteiger partial charge in [-0.3, -0.25) is 4.98 Å². The van der Waals surface area contributed by atoms with Crippen molar-refractivity contribution in [1.82, 2.24) is 4.98 Å². The minimum Gasteiger partial charge on any atom is -0.454 e. The van der Waals surface area contributed by atoms with Crippen molar-refractivity contribution >= 4 is 0 Å². The van der Waals surface area contributed by atoms with E-state index in [1.807, 2.05) is 6.07 Å². The standard InChI is InChI=1S/C14H9F3N2O2/c15-14(16,17)11-4-12(7-19-6-11)21-13-2-1-9(8-20)3-10(13)5-18/h1-4,6-7,20H,8H2. The van der Waals surface area contributed by atoms with Gasteiger partial charge in [0.25, 0.3) is 0 Å². The number of pyridine rings is 1. The molecule has 0 aliphatic rings. The maximum absolute atomic E-state index is 12.6. The van der Waals surface area contributed by atoms with Crippen molar-refractivity contribution in [3.63, 3.8) is 0 Å². The smallest absolute Gasteiger partial charge is 0.418 e. The first-order valence-electron chi connectivity index (χ1n) is 5.78. The second kappa shape index (κ2) is 5.81. The predicted octanol–water partition coefficient (Wildman–Crippen LogP) is 3.26. The number of ether oxygens (including phenoxy) is 1. The van der Waals surface area contributed by atoms with Crippen LogP contribution in [0.5, 0.6) is 11.5 Å². The highest BCUT2D eigenvalue weighted by molar-refractivity contribution is 5.47. The highest BCUT2D eigenvalue weighted by Crippen LogP contribution is 2.32. The first-order chi connectivity index (χ1) is 9.94. The van der Waals surface area contributed by atoms with E-state index >= 15 is 0 Å². The van der Waals surface area contributed by atoms with Crippen molar-refractivity contribution in [1.29, 1.82) is 5.26 Å². The molecule has 0 aliphatic heterocycles. The molecule has 1 aromatic carbocycles. The summed E-state index contributed by atoms with van der Waals surface area (Å²) in [5.41, 5.74) is -0.328. The van der Waals surface area contributed by atoms with Crippen molar-refractivity contribution in [2.24, 2.45) is 0 Å². The summed E-state index contributed by atoms with van der Waals surface area (Å²) >= 11 is 0. The van der Waals surface area contributed by atoms with Gasteiger partial charge in [0, 0.05) is 6.20 Å². The summed E-state index contributed by atoms with van der Waals surface area (Å²) in [4.78, 5) is 3.47. The van der Waals surface area contributed by atoms with Gasteiger partial charge in [-0.25, -0.2) is 0 Å². The summed E-state index contributed by atoms with van der Waals surface area (Å²) in [6.45, 7) is -0.250. The molecule has 0 bridgehead atoms. The van der Waals surface area contributed by atoms with Crippen LogP contribution in [-0.4, -0.2) is 10.1 Å². The molecule has 0 saturated heterocycles. The lowest BCUT2D eigenvalue weighted by Gasteiger charge is -2.10. The normalized spacial score (nSPS) is 11.0. The van der Waals surface area contributed by atoms with E-state index in [4.69, 9.17) is 15.1 Å². The summed E-state index contributed by atoms with van der Waals surface area (Å²) in [5, 5.41) is 18.0. The first-order valence-corrected chi connectivity index (χ1v) is 5.78. The first kappa shape index (κ1) is 14.8. The lowest BCUT2D eigenvalue weighted by Crippen LogP contribution is -2.05. The lowest BCUT2D eigenvalue weighted by atomic mass is 10.1. The Balaban J connectivity index is 2.33. The third-order valence-electron chi connectivity index (χ3n) is 2.62. The van der Waals surface area contributed by atoms with Gasteiger partial charge in [-0.05, 0) is 23.8 Å². The molecule has 7 heteroatoms. The number of aliphatic hydroxyl groups is 1. The number of benzene rings is 1. The van der Waals surface area contributed by atoms with Gasteiger partial charge in [0.05, 0.1) is 23.9 Å². The maximum atomic E-state index is 12.6. The molecule has 4 nitrogen and oxygen atoms in total. The highest BCUT2D eigenvalue weighted by Gasteiger charge is 2.31. The zero-order valence-electron chi connectivity index (χ0n) is 10.6. The van der Waals surface area contributed by atoms with Gasteiger partial charge in [-0.2, -0.15) is 18.4 Å². The van der Waals surface area contributed by atoms with Crippen LogP contribution in [-0.2, 0) is 12.8 Å². The summed E-state index contributed by atoms with van der Waals surface area (Å²) < 4.78 is 43.0. The van der Waals surface area contributed by atoms with Gasteiger partial charge in [0.15, 0.2) is 0 Å². The minimum absolute atomic E-state index is 0.0934. The fourth-order valence-corrected chi connectivity index (χ4v) is 1.61. The molecule has 0 fully saturated rings. The summed E-state index contributed by atoms with van der Waals surface area (Å²) in [5.74, 6) is -0.0334. The molecule has 108 valence electrons. The van der Waals surface area contributed by atoms with Gasteiger partial charge in [-0.1, -0.05) is 6.07 Å². The van der Waals surface area contributed by atoms with Crippen LogP contribution in [0.2, 0.25) is 0 Å². The van der Waals surface area contributed by atoms with E-state index in [0.717, 1.165) is 12.3 Å². The van der Waals surface area contributed by atoms with Crippen LogP contribution >= 0.6 is 0 Å². The topological polar surface area (TPSA) is 66.1 Å². The molecule has 0 aliphatic carbocycles. The van der Waals surface area contributed by atoms with E-state index in [0.29, 0.717) is 11.8 Å². The molecule has 1 aromatic heterocycles. The molecule has 0 spiro atoms. The number of aliphatic hydroxyl groups excluding tert-OH is 1. The van der Waals surface area contributed by atoms with Crippen molar-refractivity contribution < 1.29 is 23.0 Å². The van der Waals surface area contributed by atoms with Gasteiger partial charge in [-0.15, -0.1) is 0 Å². The highest BCUT2D eigenvalue weighted by atomic mass is 19.4. The summed E-state index contributed by atoms with van der Waals surface area (Å²) in [6, 6.07) is 6.97. The minimum atomic E-state index is -4.52. The van der Waals surface area contributed by atoms with E-state index in [9.17, 15) is 13.2 Å². The average Bonchev–Trinajstić information content (AvgIpc) is 2.47. The van der Waals surface area contributed by atoms with Crippen LogP contribution < -0.4 is 4.74 Å². The number of nitrogens with zero attached hydrogens (tertiary/aromatic N) is 2. The molecule has 21 heavy (non-hydrogen) atoms. The molecule has 0 unspecified atom stereocenters. The largest absolute Gasteiger partial charge is 0.454 e. The third-order valence-corrected chi connectivity index (χ3v) is 2.62. The Morgan fingerprint density at radius 3 is 2.62 bits per heavy atom. The monoisotopic (exact) mass is 294 g/mol. The number of halogens is 3. The fraction of sp³-hybridized carbons (Fsp3) is 0.143. The predicted molar refractivity (Wildman–Crippen MR) is 66.4 cm³/mol. The fourth-order valence-electron chi connectivity index (χ4n) is 1.61. The Kier molecular flexibility index (Phi) is 4.10. The molecule has 2 rings (SSSR count). The Labute approximate surface area is 118 Å². The number of rotatable bonds is 3. The van der Waals surface area contributed by atoms with Gasteiger partial charge >= 0.3 is 6.18 Å². The number of alkyl halides is 3. The second-order valence-corrected chi connectivity index (χ2v) is 4.11. The zero-order chi connectivity index (χ0) is 15.5. The Hall–Kier alpha value is -2.59. The molecular formula is C14H9F3N2O2. The van der Waals surface area contributed by atoms with E-state index in [1.54, 1.807) is 0 Å². The molecule has 0 saturated carbocycles. The van der Waals surface area contributed by atoms with Crippen LogP contribution in [0.4, 0.5) is 13.2 Å². The molecule has 0 atom stereocenters. The third kappa shape index (κ3) is 3.49. The SMILES string of the molecule is N#Cc1cc(CO)ccc1Oc1cncc(C(F)(F)F)c1. The number of hydrogen-bond donors (Lipinski definition) is 1. The van der Waals surface area contributed by atoms with Crippen LogP contribution in [0.25, 0.3) is 0 Å². The molecule has 2 aromatic rings. The van der Waals surface area contributed by atoms with Crippen LogP contribution in [0.15, 0.2) is 36.7 Å². The number of hydrogen-bond acceptors (Lipinski definition) is 4. The maximum Gasteiger partial charge on any atom is 0.418 e. The number of aromatic nitrogens is 1. The lowest BCUT2D eigenvalue weighted by molar-refractivity contribution is -0.137. The van der Waals surface area contributed by atoms with Crippen LogP contribution in [0.3, 0.4) is 0 Å².